The third-order valence-electron chi connectivity index (χ3n) is 21.3. The summed E-state index contributed by atoms with van der Waals surface area (Å²) in [5, 5.41) is 118. The number of hydrogen-bond acceptors (Lipinski definition) is 42. The number of unbranched alkanes of at least 4 members (excludes halogenated alkanes) is 6. The number of amides is 6. The Morgan fingerprint density at radius 3 is 1.45 bits per heavy atom. The second-order valence-electron chi connectivity index (χ2n) is 31.4. The lowest BCUT2D eigenvalue weighted by molar-refractivity contribution is -0.272. The number of carbonyl (C=O) groups excluding carboxylic acids is 8. The molecular weight excluding hydrogens is 1770 g/mol. The fraction of sp³-hybridized carbons (Fsp3) is 0.835. The average molecular weight is 1910 g/mol. The maximum absolute atomic E-state index is 14.6. The minimum atomic E-state index is -3.85. The van der Waals surface area contributed by atoms with Crippen molar-refractivity contribution in [2.75, 3.05) is 197 Å². The Bertz CT molecular complexity index is 3720. The summed E-state index contributed by atoms with van der Waals surface area (Å²) in [6.07, 6.45) is -11.6. The van der Waals surface area contributed by atoms with Crippen LogP contribution in [-0.4, -0.2) is 430 Å². The highest BCUT2D eigenvalue weighted by Crippen LogP contribution is 2.51. The molecular formula is C79H134N11O38PS. The molecule has 5 aliphatic rings. The van der Waals surface area contributed by atoms with Crippen molar-refractivity contribution in [1.29, 1.82) is 0 Å². The van der Waals surface area contributed by atoms with Crippen molar-refractivity contribution in [3.63, 3.8) is 0 Å². The molecule has 22 atom stereocenters. The molecule has 2 aromatic rings. The molecule has 5 saturated heterocycles. The van der Waals surface area contributed by atoms with Gasteiger partial charge in [0.05, 0.1) is 171 Å². The van der Waals surface area contributed by atoms with E-state index in [0.29, 0.717) is 69.0 Å². The first-order valence-electron chi connectivity index (χ1n) is 43.7. The van der Waals surface area contributed by atoms with Crippen molar-refractivity contribution in [1.82, 2.24) is 51.4 Å². The van der Waals surface area contributed by atoms with Gasteiger partial charge in [-0.15, -0.1) is 0 Å². The van der Waals surface area contributed by atoms with Gasteiger partial charge in [0.15, 0.2) is 48.1 Å². The normalized spacial score (nSPS) is 27.0. The maximum atomic E-state index is 14.6. The highest BCUT2D eigenvalue weighted by molar-refractivity contribution is 8.07. The molecule has 744 valence electrons. The molecule has 3 unspecified atom stereocenters. The number of hydrogen-bond donors (Lipinski definition) is 18. The number of aliphatic hydroxyl groups is 10. The van der Waals surface area contributed by atoms with Crippen molar-refractivity contribution in [2.45, 2.75) is 226 Å². The molecule has 5 aliphatic heterocycles. The van der Waals surface area contributed by atoms with E-state index in [9.17, 15) is 94.3 Å². The standard InChI is InChI=1S/C79H134N11O38PS/c1-48(94)86-60-67(104)64(101)55(38-91)125-76(60)119-34-31-113-22-19-110-25-28-116-41-52(97)14-8-6-7-13-51(74(108)82-17-10-4-5-12-18-123-129(109,130)124-45-79-44-122-70(71(79)107)75(128-79)90-47-85-63-72(80)83-46-84-73(63)90)37-54(98)53(89-59(100)43-118-30-27-112-21-24-115-33-36-121-78-62(88-50(3)96)69(106)66(103)57(40-93)127-78)15-9-11-16-81-58(99)42-117-29-26-111-20-23-114-32-35-120-77-61(87-49(2)95)68(105)65(102)56(39-92)126-77/h46-47,51,53,55-57,60-62,64-71,75-78,91-93,101-107H,4-45H2,1-3H3,(H,81,99)(H,82,108)(H,86,94)(H,87,95)(H,88,96)(H,89,100)(H,109,130)(H2,80,83,84)/t51?,53-,55+,56+,57+,60+,61+,62+,64-,65-,66-,67+,68+,69+,70?,71-,75+,76+,77+,78+,79+,129?/m0/s1. The lowest BCUT2D eigenvalue weighted by Crippen LogP contribution is -2.64. The van der Waals surface area contributed by atoms with Crippen LogP contribution in [0, 0.1) is 5.92 Å². The van der Waals surface area contributed by atoms with Crippen LogP contribution < -0.4 is 37.6 Å². The van der Waals surface area contributed by atoms with Gasteiger partial charge in [0.2, 0.25) is 35.4 Å². The molecule has 51 heteroatoms. The number of ether oxygens (including phenoxy) is 17. The predicted molar refractivity (Wildman–Crippen MR) is 450 cm³/mol. The molecule has 7 heterocycles. The van der Waals surface area contributed by atoms with Crippen molar-refractivity contribution >= 4 is 82.5 Å². The highest BCUT2D eigenvalue weighted by atomic mass is 32.5. The van der Waals surface area contributed by atoms with Crippen LogP contribution in [0.25, 0.3) is 11.2 Å². The SMILES string of the molecule is CC(=O)N[C@H]1[C@H](OCCOCCOCCOCC(=O)CCCCCC(CC(=O)[C@H](CCCCNC(=O)COCCOCCOCCO[C@@H]2O[C@H](CO)[C@H](O)[C@H](O)[C@H]2NC(C)=O)NC(=O)COCCOCCOCCO[C@@H]2O[C@H](CO)[C@H](O)[C@H](O)[C@H]2NC(C)=O)C(=O)NCCCCCCOP(O)(=S)OC[C@@]23COC([C@H](n4cnc5c(N)ncnc54)O2)[C@@H]3O)O[C@H](CO)[C@H](O)[C@@H]1O. The van der Waals surface area contributed by atoms with Gasteiger partial charge >= 0.3 is 6.72 Å². The quantitative estimate of drug-likeness (QED) is 0.0216. The van der Waals surface area contributed by atoms with E-state index in [1.54, 1.807) is 4.57 Å². The Morgan fingerprint density at radius 2 is 0.962 bits per heavy atom. The Balaban J connectivity index is 0.853. The summed E-state index contributed by atoms with van der Waals surface area (Å²) in [5.74, 6) is -4.34. The zero-order valence-corrected chi connectivity index (χ0v) is 75.3. The summed E-state index contributed by atoms with van der Waals surface area (Å²) in [7, 11) is 0. The van der Waals surface area contributed by atoms with Gasteiger partial charge in [-0.1, -0.05) is 25.7 Å². The second-order valence-corrected chi connectivity index (χ2v) is 34.2. The number of rotatable bonds is 70. The number of ketones is 2. The molecule has 0 aliphatic carbocycles. The zero-order chi connectivity index (χ0) is 94.4. The first-order chi connectivity index (χ1) is 62.5. The predicted octanol–water partition coefficient (Wildman–Crippen LogP) is -6.74. The van der Waals surface area contributed by atoms with Crippen LogP contribution in [0.2, 0.25) is 0 Å². The molecule has 6 amide bonds. The van der Waals surface area contributed by atoms with Gasteiger partial charge in [-0.3, -0.25) is 42.9 Å². The summed E-state index contributed by atoms with van der Waals surface area (Å²) >= 11 is 5.33. The van der Waals surface area contributed by atoms with E-state index in [-0.39, 0.29) is 202 Å². The molecule has 49 nitrogen and oxygen atoms in total. The number of anilines is 1. The third kappa shape index (κ3) is 37.9. The fourth-order valence-electron chi connectivity index (χ4n) is 14.5. The minimum Gasteiger partial charge on any atom is -0.394 e. The summed E-state index contributed by atoms with van der Waals surface area (Å²) in [6.45, 7) is -1.66. The van der Waals surface area contributed by atoms with E-state index in [2.05, 4.69) is 46.9 Å². The largest absolute Gasteiger partial charge is 0.394 e. The Labute approximate surface area is 756 Å². The molecule has 0 saturated carbocycles. The number of carbonyl (C=O) groups is 8. The van der Waals surface area contributed by atoms with Gasteiger partial charge in [-0.25, -0.2) is 15.0 Å². The van der Waals surface area contributed by atoms with Gasteiger partial charge in [-0.2, -0.15) is 0 Å². The Morgan fingerprint density at radius 1 is 0.523 bits per heavy atom. The minimum absolute atomic E-state index is 0.0199. The summed E-state index contributed by atoms with van der Waals surface area (Å²) < 4.78 is 109. The second kappa shape index (κ2) is 60.4. The summed E-state index contributed by atoms with van der Waals surface area (Å²) in [5.41, 5.74) is 5.28. The van der Waals surface area contributed by atoms with Crippen LogP contribution in [0.4, 0.5) is 5.82 Å². The van der Waals surface area contributed by atoms with Crippen LogP contribution in [0.3, 0.4) is 0 Å². The molecule has 130 heavy (non-hydrogen) atoms. The molecule has 5 fully saturated rings. The van der Waals surface area contributed by atoms with E-state index in [1.165, 1.54) is 33.4 Å². The first kappa shape index (κ1) is 111. The first-order valence-corrected chi connectivity index (χ1v) is 46.2. The van der Waals surface area contributed by atoms with Crippen molar-refractivity contribution in [2.24, 2.45) is 5.92 Å². The number of imidazole rings is 1. The van der Waals surface area contributed by atoms with Crippen molar-refractivity contribution < 1.29 is 184 Å². The molecule has 0 spiro atoms. The Hall–Kier alpha value is -6.04. The number of nitrogens with zero attached hydrogens (tertiary/aromatic N) is 4. The van der Waals surface area contributed by atoms with Gasteiger partial charge < -0.3 is 183 Å². The summed E-state index contributed by atoms with van der Waals surface area (Å²) in [4.78, 5) is 127. The number of nitrogens with one attached hydrogen (secondary N) is 6. The van der Waals surface area contributed by atoms with Crippen LogP contribution in [0.5, 0.6) is 0 Å². The monoisotopic (exact) mass is 1910 g/mol. The van der Waals surface area contributed by atoms with E-state index in [1.807, 2.05) is 0 Å². The summed E-state index contributed by atoms with van der Waals surface area (Å²) in [6, 6.07) is -4.44. The molecule has 19 N–H and O–H groups in total. The molecule has 0 radical (unpaired) electrons. The number of nitrogens with two attached hydrogens (primary N) is 1. The molecule has 7 rings (SSSR count). The van der Waals surface area contributed by atoms with E-state index >= 15 is 0 Å². The van der Waals surface area contributed by atoms with Crippen molar-refractivity contribution in [3.8, 4) is 0 Å². The van der Waals surface area contributed by atoms with Crippen LogP contribution in [-0.2, 0) is 140 Å². The van der Waals surface area contributed by atoms with Gasteiger partial charge in [0, 0.05) is 52.6 Å². The topological polar surface area (TPSA) is 676 Å². The number of fused-ring (bicyclic) bond motifs is 3. The molecule has 2 aromatic heterocycles. The lowest BCUT2D eigenvalue weighted by atomic mass is 9.90. The van der Waals surface area contributed by atoms with Gasteiger partial charge in [0.1, 0.15) is 123 Å². The average Bonchev–Trinajstić information content (AvgIpc) is 1.57. The Kier molecular flexibility index (Phi) is 51.6. The number of Topliss-reactive ketones (excluding diaryl/α,β-unsaturated/α-hetero) is 2. The fourth-order valence-corrected chi connectivity index (χ4v) is 15.7. The van der Waals surface area contributed by atoms with E-state index in [0.717, 1.165) is 0 Å². The van der Waals surface area contributed by atoms with E-state index in [4.69, 9.17) is 107 Å². The van der Waals surface area contributed by atoms with Crippen molar-refractivity contribution in [3.05, 3.63) is 12.7 Å². The molecule has 0 aromatic carbocycles. The van der Waals surface area contributed by atoms with Crippen LogP contribution in [0.1, 0.15) is 110 Å². The van der Waals surface area contributed by atoms with Crippen LogP contribution in [0.15, 0.2) is 12.7 Å². The smallest absolute Gasteiger partial charge is 0.324 e. The lowest BCUT2D eigenvalue weighted by Gasteiger charge is -2.42. The van der Waals surface area contributed by atoms with Gasteiger partial charge in [0.25, 0.3) is 0 Å². The highest BCUT2D eigenvalue weighted by Gasteiger charge is 2.63. The third-order valence-corrected chi connectivity index (χ3v) is 22.9. The van der Waals surface area contributed by atoms with Gasteiger partial charge in [-0.05, 0) is 56.8 Å². The molecule has 2 bridgehead atoms. The number of nitrogen functional groups attached to an aromatic ring is 1. The maximum Gasteiger partial charge on any atom is 0.324 e. The van der Waals surface area contributed by atoms with Crippen LogP contribution >= 0.6 is 6.72 Å². The number of aromatic nitrogens is 4. The number of aliphatic hydroxyl groups excluding tert-OH is 10. The van der Waals surface area contributed by atoms with E-state index < -0.39 is 202 Å². The zero-order valence-electron chi connectivity index (χ0n) is 73.6.